The molecule has 0 fully saturated rings. The van der Waals surface area contributed by atoms with Crippen LogP contribution >= 0.6 is 11.6 Å². The zero-order chi connectivity index (χ0) is 29.5. The van der Waals surface area contributed by atoms with Crippen molar-refractivity contribution in [1.82, 2.24) is 0 Å². The Morgan fingerprint density at radius 2 is 1.60 bits per heavy atom. The number of fused-ring (bicyclic) bond motifs is 1. The van der Waals surface area contributed by atoms with E-state index in [-0.39, 0.29) is 23.6 Å². The van der Waals surface area contributed by atoms with Crippen molar-refractivity contribution in [2.45, 2.75) is 6.61 Å². The number of rotatable bonds is 10. The lowest BCUT2D eigenvalue weighted by Crippen LogP contribution is -2.13. The van der Waals surface area contributed by atoms with E-state index in [1.54, 1.807) is 42.5 Å². The molecule has 3 N–H and O–H groups in total. The number of azo groups is 1. The lowest BCUT2D eigenvalue weighted by molar-refractivity contribution is 0.102. The van der Waals surface area contributed by atoms with Crippen molar-refractivity contribution >= 4 is 51.0 Å². The van der Waals surface area contributed by atoms with Crippen molar-refractivity contribution in [3.8, 4) is 17.2 Å². The van der Waals surface area contributed by atoms with Crippen molar-refractivity contribution in [3.05, 3.63) is 113 Å². The molecule has 5 aromatic carbocycles. The number of carbonyl (C=O) groups excluding carboxylic acids is 1. The van der Waals surface area contributed by atoms with E-state index in [0.717, 1.165) is 11.3 Å². The molecule has 5 aromatic rings. The van der Waals surface area contributed by atoms with Crippen LogP contribution in [0.2, 0.25) is 5.02 Å². The summed E-state index contributed by atoms with van der Waals surface area (Å²) in [5.41, 5.74) is 5.45. The van der Waals surface area contributed by atoms with Crippen LogP contribution in [0.25, 0.3) is 10.8 Å². The van der Waals surface area contributed by atoms with Gasteiger partial charge >= 0.3 is 0 Å². The van der Waals surface area contributed by atoms with E-state index in [4.69, 9.17) is 25.9 Å². The molecule has 0 spiro atoms. The average Bonchev–Trinajstić information content (AvgIpc) is 3.01. The van der Waals surface area contributed by atoms with E-state index in [2.05, 4.69) is 21.0 Å². The van der Waals surface area contributed by atoms with Crippen LogP contribution < -0.4 is 20.3 Å². The molecule has 5 rings (SSSR count). The van der Waals surface area contributed by atoms with E-state index in [9.17, 15) is 9.90 Å². The van der Waals surface area contributed by atoms with Gasteiger partial charge in [-0.15, -0.1) is 10.2 Å². The maximum atomic E-state index is 13.4. The number of carbonyl (C=O) groups is 1. The second-order valence-electron chi connectivity index (χ2n) is 9.10. The summed E-state index contributed by atoms with van der Waals surface area (Å²) < 4.78 is 10.8. The normalized spacial score (nSPS) is 11.0. The largest absolute Gasteiger partial charge is 0.505 e. The van der Waals surface area contributed by atoms with E-state index in [1.165, 1.54) is 14.2 Å². The van der Waals surface area contributed by atoms with Gasteiger partial charge in [0, 0.05) is 10.4 Å². The zero-order valence-electron chi connectivity index (χ0n) is 22.8. The minimum Gasteiger partial charge on any atom is -0.505 e. The topological polar surface area (TPSA) is 114 Å². The molecule has 212 valence electrons. The molecule has 0 atom stereocenters. The molecule has 0 saturated carbocycles. The molecule has 0 aliphatic carbocycles. The van der Waals surface area contributed by atoms with Gasteiger partial charge in [-0.2, -0.15) is 0 Å². The summed E-state index contributed by atoms with van der Waals surface area (Å²) in [6, 6.07) is 28.6. The SMILES string of the molecule is COc1ccc(CONc2ccccc2)cc1N=Nc1c(O)c(C(=O)Nc2cc(Cl)ccc2OC)cc2ccccc12. The Labute approximate surface area is 247 Å². The fourth-order valence-electron chi connectivity index (χ4n) is 4.28. The number of ether oxygens (including phenoxy) is 2. The van der Waals surface area contributed by atoms with Crippen molar-refractivity contribution in [2.24, 2.45) is 10.2 Å². The highest BCUT2D eigenvalue weighted by molar-refractivity contribution is 6.31. The first-order valence-electron chi connectivity index (χ1n) is 12.9. The first-order valence-corrected chi connectivity index (χ1v) is 13.3. The second-order valence-corrected chi connectivity index (χ2v) is 9.54. The van der Waals surface area contributed by atoms with Crippen LogP contribution in [0.3, 0.4) is 0 Å². The molecule has 0 saturated heterocycles. The third-order valence-electron chi connectivity index (χ3n) is 6.35. The molecule has 0 bridgehead atoms. The molecular formula is C32H27ClN4O5. The lowest BCUT2D eigenvalue weighted by atomic mass is 10.0. The average molecular weight is 583 g/mol. The first kappa shape index (κ1) is 28.4. The molecule has 0 aromatic heterocycles. The fraction of sp³-hybridized carbons (Fsp3) is 0.0938. The number of para-hydroxylation sites is 1. The molecule has 0 aliphatic heterocycles. The monoisotopic (exact) mass is 582 g/mol. The van der Waals surface area contributed by atoms with Crippen LogP contribution in [0.15, 0.2) is 107 Å². The number of nitrogens with one attached hydrogen (secondary N) is 2. The Hall–Kier alpha value is -5.12. The Balaban J connectivity index is 1.46. The van der Waals surface area contributed by atoms with Crippen LogP contribution in [0.5, 0.6) is 17.2 Å². The summed E-state index contributed by atoms with van der Waals surface area (Å²) in [5, 5.41) is 24.5. The van der Waals surface area contributed by atoms with Gasteiger partial charge in [-0.3, -0.25) is 15.1 Å². The van der Waals surface area contributed by atoms with Crippen molar-refractivity contribution in [1.29, 1.82) is 0 Å². The number of hydrogen-bond acceptors (Lipinski definition) is 8. The van der Waals surface area contributed by atoms with Gasteiger partial charge in [0.15, 0.2) is 5.75 Å². The molecule has 9 nitrogen and oxygen atoms in total. The lowest BCUT2D eigenvalue weighted by Gasteiger charge is -2.13. The molecule has 0 radical (unpaired) electrons. The highest BCUT2D eigenvalue weighted by Gasteiger charge is 2.20. The third-order valence-corrected chi connectivity index (χ3v) is 6.59. The maximum absolute atomic E-state index is 13.4. The highest BCUT2D eigenvalue weighted by atomic mass is 35.5. The molecule has 1 amide bonds. The fourth-order valence-corrected chi connectivity index (χ4v) is 4.45. The number of nitrogens with zero attached hydrogens (tertiary/aromatic N) is 2. The molecular weight excluding hydrogens is 556 g/mol. The van der Waals surface area contributed by atoms with Crippen LogP contribution in [0, 0.1) is 0 Å². The number of benzene rings is 5. The molecule has 0 heterocycles. The van der Waals surface area contributed by atoms with E-state index < -0.39 is 5.91 Å². The van der Waals surface area contributed by atoms with Crippen LogP contribution in [-0.2, 0) is 11.4 Å². The number of phenolic OH excluding ortho intramolecular Hbond substituents is 1. The predicted molar refractivity (Wildman–Crippen MR) is 164 cm³/mol. The Morgan fingerprint density at radius 3 is 2.38 bits per heavy atom. The molecule has 42 heavy (non-hydrogen) atoms. The van der Waals surface area contributed by atoms with Crippen molar-refractivity contribution in [2.75, 3.05) is 25.0 Å². The second kappa shape index (κ2) is 13.0. The molecule has 0 unspecified atom stereocenters. The number of amides is 1. The summed E-state index contributed by atoms with van der Waals surface area (Å²) in [6.07, 6.45) is 0. The first-order chi connectivity index (χ1) is 20.5. The van der Waals surface area contributed by atoms with E-state index >= 15 is 0 Å². The van der Waals surface area contributed by atoms with Gasteiger partial charge in [0.05, 0.1) is 37.8 Å². The summed E-state index contributed by atoms with van der Waals surface area (Å²) in [6.45, 7) is 0.248. The van der Waals surface area contributed by atoms with E-state index in [0.29, 0.717) is 38.7 Å². The van der Waals surface area contributed by atoms with Gasteiger partial charge in [-0.1, -0.05) is 60.1 Å². The van der Waals surface area contributed by atoms with Crippen molar-refractivity contribution < 1.29 is 24.2 Å². The van der Waals surface area contributed by atoms with Crippen LogP contribution in [0.1, 0.15) is 15.9 Å². The third kappa shape index (κ3) is 6.43. The minimum atomic E-state index is -0.571. The van der Waals surface area contributed by atoms with Gasteiger partial charge in [0.25, 0.3) is 5.91 Å². The zero-order valence-corrected chi connectivity index (χ0v) is 23.6. The van der Waals surface area contributed by atoms with Crippen LogP contribution in [0.4, 0.5) is 22.7 Å². The van der Waals surface area contributed by atoms with E-state index in [1.807, 2.05) is 54.6 Å². The number of aromatic hydroxyl groups is 1. The van der Waals surface area contributed by atoms with Crippen molar-refractivity contribution in [3.63, 3.8) is 0 Å². The van der Waals surface area contributed by atoms with Gasteiger partial charge < -0.3 is 19.9 Å². The Morgan fingerprint density at radius 1 is 0.857 bits per heavy atom. The summed E-state index contributed by atoms with van der Waals surface area (Å²) in [5.74, 6) is -0.00787. The molecule has 0 aliphatic rings. The summed E-state index contributed by atoms with van der Waals surface area (Å²) in [7, 11) is 3.02. The summed E-state index contributed by atoms with van der Waals surface area (Å²) >= 11 is 6.12. The maximum Gasteiger partial charge on any atom is 0.259 e. The van der Waals surface area contributed by atoms with Crippen LogP contribution in [-0.4, -0.2) is 25.2 Å². The minimum absolute atomic E-state index is 0.00535. The number of methoxy groups -OCH3 is 2. The smallest absolute Gasteiger partial charge is 0.259 e. The van der Waals surface area contributed by atoms with Gasteiger partial charge in [-0.25, -0.2) is 0 Å². The molecule has 10 heteroatoms. The standard InChI is InChI=1S/C32H27ClN4O5/c1-40-28-15-13-22(33)18-26(28)34-32(39)25-17-21-8-6-7-11-24(21)30(31(25)38)36-35-27-16-20(12-14-29(27)41-2)19-42-37-23-9-4-3-5-10-23/h3-18,37-38H,19H2,1-2H3,(H,34,39). The van der Waals surface area contributed by atoms with Gasteiger partial charge in [0.1, 0.15) is 22.9 Å². The number of phenols is 1. The Kier molecular flexibility index (Phi) is 8.81. The number of halogens is 1. The number of hydrogen-bond donors (Lipinski definition) is 3. The highest BCUT2D eigenvalue weighted by Crippen LogP contribution is 2.41. The number of anilines is 2. The Bertz CT molecular complexity index is 1760. The van der Waals surface area contributed by atoms with Gasteiger partial charge in [-0.05, 0) is 59.5 Å². The summed E-state index contributed by atoms with van der Waals surface area (Å²) in [4.78, 5) is 19.0. The quantitative estimate of drug-likeness (QED) is 0.112. The predicted octanol–water partition coefficient (Wildman–Crippen LogP) is 8.43. The van der Waals surface area contributed by atoms with Gasteiger partial charge in [0.2, 0.25) is 0 Å².